The van der Waals surface area contributed by atoms with Gasteiger partial charge in [-0.1, -0.05) is 30.3 Å². The first-order valence-electron chi connectivity index (χ1n) is 5.63. The Hall–Kier alpha value is -1.84. The number of likely N-dealkylation sites (tertiary alicyclic amines) is 1. The van der Waals surface area contributed by atoms with Crippen molar-refractivity contribution >= 4 is 11.9 Å². The van der Waals surface area contributed by atoms with E-state index in [9.17, 15) is 9.59 Å². The average Bonchev–Trinajstić information content (AvgIpc) is 2.36. The Morgan fingerprint density at radius 2 is 2.12 bits per heavy atom. The van der Waals surface area contributed by atoms with Gasteiger partial charge in [-0.15, -0.1) is 0 Å². The molecule has 4 nitrogen and oxygen atoms in total. The highest BCUT2D eigenvalue weighted by molar-refractivity contribution is 5.88. The molecule has 0 unspecified atom stereocenters. The molecule has 1 amide bonds. The molecule has 4 heteroatoms. The Morgan fingerprint density at radius 1 is 1.41 bits per heavy atom. The minimum absolute atomic E-state index is 0.0244. The van der Waals surface area contributed by atoms with E-state index in [0.29, 0.717) is 19.4 Å². The lowest BCUT2D eigenvalue weighted by atomic mass is 10.0. The predicted molar refractivity (Wildman–Crippen MR) is 62.3 cm³/mol. The van der Waals surface area contributed by atoms with Crippen LogP contribution < -0.4 is 0 Å². The van der Waals surface area contributed by atoms with Crippen LogP contribution in [0, 0.1) is 0 Å². The summed E-state index contributed by atoms with van der Waals surface area (Å²) in [4.78, 5) is 24.7. The molecule has 0 aromatic heterocycles. The van der Waals surface area contributed by atoms with Gasteiger partial charge in [-0.2, -0.15) is 0 Å². The van der Waals surface area contributed by atoms with Gasteiger partial charge in [0.05, 0.1) is 7.11 Å². The van der Waals surface area contributed by atoms with Crippen molar-refractivity contribution in [3.05, 3.63) is 35.9 Å². The lowest BCUT2D eigenvalue weighted by molar-refractivity contribution is -0.158. The number of benzene rings is 1. The molecule has 2 rings (SSSR count). The van der Waals surface area contributed by atoms with Crippen molar-refractivity contribution < 1.29 is 14.3 Å². The number of carbonyl (C=O) groups is 2. The van der Waals surface area contributed by atoms with Gasteiger partial charge in [-0.05, 0) is 5.56 Å². The number of methoxy groups -OCH3 is 1. The van der Waals surface area contributed by atoms with Gasteiger partial charge in [-0.3, -0.25) is 4.79 Å². The Balaban J connectivity index is 2.11. The van der Waals surface area contributed by atoms with Crippen LogP contribution in [0.3, 0.4) is 0 Å². The third-order valence-corrected chi connectivity index (χ3v) is 3.01. The van der Waals surface area contributed by atoms with Crippen LogP contribution in [0.15, 0.2) is 30.3 Å². The molecular weight excluding hydrogens is 218 g/mol. The van der Waals surface area contributed by atoms with Crippen LogP contribution in [0.2, 0.25) is 0 Å². The largest absolute Gasteiger partial charge is 0.467 e. The summed E-state index contributed by atoms with van der Waals surface area (Å²) >= 11 is 0. The first kappa shape index (κ1) is 11.6. The molecular formula is C13H15NO3. The summed E-state index contributed by atoms with van der Waals surface area (Å²) < 4.78 is 4.76. The van der Waals surface area contributed by atoms with Crippen molar-refractivity contribution in [1.82, 2.24) is 4.90 Å². The van der Waals surface area contributed by atoms with Crippen molar-refractivity contribution in [2.24, 2.45) is 0 Å². The first-order chi connectivity index (χ1) is 8.22. The number of carbonyl (C=O) groups excluding carboxylic acids is 2. The van der Waals surface area contributed by atoms with Crippen molar-refractivity contribution in [2.75, 3.05) is 13.7 Å². The molecule has 0 saturated carbocycles. The van der Waals surface area contributed by atoms with Crippen molar-refractivity contribution in [3.8, 4) is 0 Å². The van der Waals surface area contributed by atoms with Crippen LogP contribution in [0.5, 0.6) is 0 Å². The Kier molecular flexibility index (Phi) is 3.42. The molecule has 1 atom stereocenters. The maximum Gasteiger partial charge on any atom is 0.328 e. The van der Waals surface area contributed by atoms with Crippen molar-refractivity contribution in [3.63, 3.8) is 0 Å². The molecule has 17 heavy (non-hydrogen) atoms. The van der Waals surface area contributed by atoms with Gasteiger partial charge in [0.15, 0.2) is 0 Å². The molecule has 0 N–H and O–H groups in total. The van der Waals surface area contributed by atoms with Gasteiger partial charge in [0.2, 0.25) is 5.91 Å². The molecule has 0 bridgehead atoms. The minimum Gasteiger partial charge on any atom is -0.467 e. The van der Waals surface area contributed by atoms with Gasteiger partial charge >= 0.3 is 5.97 Å². The fourth-order valence-electron chi connectivity index (χ4n) is 1.96. The number of nitrogens with zero attached hydrogens (tertiary/aromatic N) is 1. The Bertz CT molecular complexity index is 416. The molecule has 90 valence electrons. The molecule has 1 heterocycles. The molecule has 0 spiro atoms. The van der Waals surface area contributed by atoms with Crippen LogP contribution in [0.25, 0.3) is 0 Å². The smallest absolute Gasteiger partial charge is 0.328 e. The second-order valence-electron chi connectivity index (χ2n) is 4.07. The average molecular weight is 233 g/mol. The van der Waals surface area contributed by atoms with Crippen LogP contribution in [-0.2, 0) is 20.7 Å². The summed E-state index contributed by atoms with van der Waals surface area (Å²) in [6, 6.07) is 9.17. The highest BCUT2D eigenvalue weighted by atomic mass is 16.5. The lowest BCUT2D eigenvalue weighted by Gasteiger charge is -2.36. The zero-order valence-corrected chi connectivity index (χ0v) is 9.76. The maximum absolute atomic E-state index is 11.7. The fraction of sp³-hybridized carbons (Fsp3) is 0.385. The number of esters is 1. The van der Waals surface area contributed by atoms with Gasteiger partial charge in [0.25, 0.3) is 0 Å². The van der Waals surface area contributed by atoms with E-state index in [-0.39, 0.29) is 11.9 Å². The molecule has 1 saturated heterocycles. The summed E-state index contributed by atoms with van der Waals surface area (Å²) in [5.41, 5.74) is 1.03. The standard InChI is InChI=1S/C13H15NO3/c1-17-13(16)11(14-8-7-12(14)15)9-10-5-3-2-4-6-10/h2-6,11H,7-9H2,1H3/t11-/m0/s1. The number of ether oxygens (including phenoxy) is 1. The van der Waals surface area contributed by atoms with E-state index >= 15 is 0 Å². The summed E-state index contributed by atoms with van der Waals surface area (Å²) in [6.07, 6.45) is 1.04. The highest BCUT2D eigenvalue weighted by Gasteiger charge is 2.36. The van der Waals surface area contributed by atoms with E-state index in [4.69, 9.17) is 4.74 Å². The molecule has 1 aromatic carbocycles. The van der Waals surface area contributed by atoms with Crippen LogP contribution in [-0.4, -0.2) is 36.5 Å². The topological polar surface area (TPSA) is 46.6 Å². The van der Waals surface area contributed by atoms with E-state index in [2.05, 4.69) is 0 Å². The van der Waals surface area contributed by atoms with Gasteiger partial charge in [0.1, 0.15) is 6.04 Å². The van der Waals surface area contributed by atoms with Crippen molar-refractivity contribution in [2.45, 2.75) is 18.9 Å². The monoisotopic (exact) mass is 233 g/mol. The number of β-lactam (4-membered cyclic amide) rings is 1. The maximum atomic E-state index is 11.7. The lowest BCUT2D eigenvalue weighted by Crippen LogP contribution is -2.54. The number of amides is 1. The third kappa shape index (κ3) is 2.46. The number of rotatable bonds is 4. The second kappa shape index (κ2) is 4.99. The van der Waals surface area contributed by atoms with Gasteiger partial charge in [0, 0.05) is 19.4 Å². The minimum atomic E-state index is -0.483. The molecule has 1 aliphatic heterocycles. The van der Waals surface area contributed by atoms with Crippen molar-refractivity contribution in [1.29, 1.82) is 0 Å². The summed E-state index contributed by atoms with van der Waals surface area (Å²) in [5.74, 6) is -0.321. The van der Waals surface area contributed by atoms with E-state index < -0.39 is 6.04 Å². The Morgan fingerprint density at radius 3 is 2.59 bits per heavy atom. The number of hydrogen-bond acceptors (Lipinski definition) is 3. The fourth-order valence-corrected chi connectivity index (χ4v) is 1.96. The van der Waals surface area contributed by atoms with Crippen LogP contribution >= 0.6 is 0 Å². The quantitative estimate of drug-likeness (QED) is 0.576. The zero-order chi connectivity index (χ0) is 12.3. The summed E-state index contributed by atoms with van der Waals surface area (Å²) in [7, 11) is 1.35. The summed E-state index contributed by atoms with van der Waals surface area (Å²) in [5, 5.41) is 0. The summed E-state index contributed by atoms with van der Waals surface area (Å²) in [6.45, 7) is 0.644. The molecule has 1 aliphatic rings. The van der Waals surface area contributed by atoms with E-state index in [1.165, 1.54) is 7.11 Å². The van der Waals surface area contributed by atoms with Gasteiger partial charge < -0.3 is 9.64 Å². The SMILES string of the molecule is COC(=O)[C@H](Cc1ccccc1)N1CCC1=O. The van der Waals surface area contributed by atoms with Crippen LogP contribution in [0.1, 0.15) is 12.0 Å². The predicted octanol–water partition coefficient (Wildman–Crippen LogP) is 1.00. The first-order valence-corrected chi connectivity index (χ1v) is 5.63. The normalized spacial score (nSPS) is 16.3. The second-order valence-corrected chi connectivity index (χ2v) is 4.07. The molecule has 1 aromatic rings. The van der Waals surface area contributed by atoms with E-state index in [1.54, 1.807) is 4.90 Å². The zero-order valence-electron chi connectivity index (χ0n) is 9.76. The highest BCUT2D eigenvalue weighted by Crippen LogP contribution is 2.18. The van der Waals surface area contributed by atoms with E-state index in [0.717, 1.165) is 5.56 Å². The van der Waals surface area contributed by atoms with E-state index in [1.807, 2.05) is 30.3 Å². The molecule has 0 radical (unpaired) electrons. The van der Waals surface area contributed by atoms with Crippen LogP contribution in [0.4, 0.5) is 0 Å². The third-order valence-electron chi connectivity index (χ3n) is 3.01. The number of hydrogen-bond donors (Lipinski definition) is 0. The Labute approximate surface area is 100 Å². The molecule has 0 aliphatic carbocycles. The van der Waals surface area contributed by atoms with Gasteiger partial charge in [-0.25, -0.2) is 4.79 Å². The molecule has 1 fully saturated rings.